The molecule has 0 saturated carbocycles. The lowest BCUT2D eigenvalue weighted by atomic mass is 10.2. The van der Waals surface area contributed by atoms with Crippen LogP contribution in [0, 0.1) is 5.82 Å². The number of carbonyl (C=O) groups is 1. The van der Waals surface area contributed by atoms with E-state index in [9.17, 15) is 17.6 Å². The lowest BCUT2D eigenvalue weighted by Gasteiger charge is -2.07. The molecule has 0 radical (unpaired) electrons. The van der Waals surface area contributed by atoms with Crippen LogP contribution in [0.1, 0.15) is 10.4 Å². The van der Waals surface area contributed by atoms with Gasteiger partial charge in [-0.25, -0.2) is 22.5 Å². The van der Waals surface area contributed by atoms with E-state index in [1.54, 1.807) is 0 Å². The number of aromatic nitrogens is 1. The molecule has 0 bridgehead atoms. The first-order valence-electron chi connectivity index (χ1n) is 4.97. The smallest absolute Gasteiger partial charge is 0.254 e. The van der Waals surface area contributed by atoms with Crippen LogP contribution in [0.5, 0.6) is 0 Å². The highest BCUT2D eigenvalue weighted by Crippen LogP contribution is 2.11. The van der Waals surface area contributed by atoms with Gasteiger partial charge in [0.2, 0.25) is 10.0 Å². The highest BCUT2D eigenvalue weighted by Gasteiger charge is 2.15. The summed E-state index contributed by atoms with van der Waals surface area (Å²) in [5, 5.41) is 2.28. The maximum atomic E-state index is 13.4. The van der Waals surface area contributed by atoms with Crippen molar-refractivity contribution in [3.8, 4) is 0 Å². The van der Waals surface area contributed by atoms with Crippen molar-refractivity contribution in [3.63, 3.8) is 0 Å². The first-order valence-corrected chi connectivity index (χ1v) is 6.62. The Morgan fingerprint density at radius 3 is 2.83 bits per heavy atom. The van der Waals surface area contributed by atoms with E-state index < -0.39 is 21.7 Å². The summed E-state index contributed by atoms with van der Waals surface area (Å²) in [5.41, 5.74) is 4.93. The van der Waals surface area contributed by atoms with E-state index in [2.05, 4.69) is 15.0 Å². The lowest BCUT2D eigenvalue weighted by molar-refractivity contribution is 0.0952. The van der Waals surface area contributed by atoms with Crippen molar-refractivity contribution in [1.82, 2.24) is 15.0 Å². The van der Waals surface area contributed by atoms with Crippen LogP contribution in [0.25, 0.3) is 0 Å². The van der Waals surface area contributed by atoms with Crippen molar-refractivity contribution >= 4 is 21.7 Å². The fourth-order valence-electron chi connectivity index (χ4n) is 1.13. The van der Waals surface area contributed by atoms with Crippen LogP contribution in [0.4, 0.5) is 10.2 Å². The van der Waals surface area contributed by atoms with Crippen LogP contribution in [0.3, 0.4) is 0 Å². The number of anilines is 1. The summed E-state index contributed by atoms with van der Waals surface area (Å²) >= 11 is 0. The third-order valence-corrected chi connectivity index (χ3v) is 3.49. The molecule has 9 heteroatoms. The summed E-state index contributed by atoms with van der Waals surface area (Å²) in [6.07, 6.45) is 1.19. The molecule has 0 aliphatic heterocycles. The molecule has 0 aromatic carbocycles. The zero-order valence-corrected chi connectivity index (χ0v) is 10.4. The van der Waals surface area contributed by atoms with Gasteiger partial charge in [0.25, 0.3) is 5.91 Å². The largest absolute Gasteiger partial charge is 0.381 e. The Morgan fingerprint density at radius 1 is 1.56 bits per heavy atom. The first kappa shape index (κ1) is 14.3. The molecule has 0 unspecified atom stereocenters. The van der Waals surface area contributed by atoms with Crippen molar-refractivity contribution in [2.24, 2.45) is 0 Å². The predicted octanol–water partition coefficient (Wildman–Crippen LogP) is -0.918. The number of halogens is 1. The van der Waals surface area contributed by atoms with Gasteiger partial charge in [-0.15, -0.1) is 0 Å². The molecule has 0 fully saturated rings. The molecule has 7 nitrogen and oxygen atoms in total. The van der Waals surface area contributed by atoms with E-state index in [0.29, 0.717) is 0 Å². The number of rotatable bonds is 5. The van der Waals surface area contributed by atoms with Gasteiger partial charge in [-0.3, -0.25) is 4.79 Å². The third-order valence-electron chi connectivity index (χ3n) is 2.13. The molecule has 1 aromatic heterocycles. The third kappa shape index (κ3) is 3.64. The van der Waals surface area contributed by atoms with Gasteiger partial charge in [0.15, 0.2) is 11.6 Å². The quantitative estimate of drug-likeness (QED) is 0.643. The van der Waals surface area contributed by atoms with E-state index >= 15 is 0 Å². The van der Waals surface area contributed by atoms with Crippen LogP contribution < -0.4 is 15.8 Å². The molecule has 1 heterocycles. The van der Waals surface area contributed by atoms with Gasteiger partial charge in [0.1, 0.15) is 0 Å². The molecule has 100 valence electrons. The lowest BCUT2D eigenvalue weighted by Crippen LogP contribution is -2.33. The van der Waals surface area contributed by atoms with Crippen LogP contribution >= 0.6 is 0 Å². The summed E-state index contributed by atoms with van der Waals surface area (Å²) in [6.45, 7) is -0.135. The summed E-state index contributed by atoms with van der Waals surface area (Å²) in [5.74, 6) is -2.35. The van der Waals surface area contributed by atoms with Gasteiger partial charge < -0.3 is 11.1 Å². The van der Waals surface area contributed by atoms with Crippen LogP contribution in [0.2, 0.25) is 0 Å². The molecule has 0 aliphatic carbocycles. The molecule has 0 aliphatic rings. The van der Waals surface area contributed by atoms with E-state index in [4.69, 9.17) is 5.73 Å². The number of pyridine rings is 1. The average molecular weight is 276 g/mol. The number of amides is 1. The Balaban J connectivity index is 2.64. The second-order valence-electron chi connectivity index (χ2n) is 3.34. The second kappa shape index (κ2) is 5.74. The minimum Gasteiger partial charge on any atom is -0.381 e. The predicted molar refractivity (Wildman–Crippen MR) is 63.8 cm³/mol. The van der Waals surface area contributed by atoms with Gasteiger partial charge in [0.05, 0.1) is 11.3 Å². The van der Waals surface area contributed by atoms with Crippen molar-refractivity contribution in [2.75, 3.05) is 25.1 Å². The standard InChI is InChI=1S/C9H13FN4O3S/c1-12-18(16,17)5-4-14-9(15)6-2-3-13-8(11)7(6)10/h2-3,12H,4-5H2,1H3,(H2,11,13)(H,14,15). The minimum absolute atomic E-state index is 0.135. The van der Waals surface area contributed by atoms with Crippen LogP contribution in [0.15, 0.2) is 12.3 Å². The molecule has 0 atom stereocenters. The molecular weight excluding hydrogens is 263 g/mol. The number of nitrogens with one attached hydrogen (secondary N) is 2. The summed E-state index contributed by atoms with van der Waals surface area (Å²) in [6, 6.07) is 1.16. The average Bonchev–Trinajstić information content (AvgIpc) is 2.32. The molecule has 1 aromatic rings. The van der Waals surface area contributed by atoms with Crippen molar-refractivity contribution < 1.29 is 17.6 Å². The summed E-state index contributed by atoms with van der Waals surface area (Å²) in [7, 11) is -2.15. The van der Waals surface area contributed by atoms with Crippen LogP contribution in [-0.2, 0) is 10.0 Å². The van der Waals surface area contributed by atoms with Gasteiger partial charge in [-0.05, 0) is 13.1 Å². The fourth-order valence-corrected chi connectivity index (χ4v) is 1.71. The topological polar surface area (TPSA) is 114 Å². The number of nitrogens with two attached hydrogens (primary N) is 1. The summed E-state index contributed by atoms with van der Waals surface area (Å²) < 4.78 is 37.6. The Labute approximate surface area is 104 Å². The number of hydrogen-bond donors (Lipinski definition) is 3. The zero-order valence-electron chi connectivity index (χ0n) is 9.60. The molecule has 0 saturated heterocycles. The molecular formula is C9H13FN4O3S. The van der Waals surface area contributed by atoms with Gasteiger partial charge >= 0.3 is 0 Å². The number of hydrogen-bond acceptors (Lipinski definition) is 5. The highest BCUT2D eigenvalue weighted by molar-refractivity contribution is 7.89. The number of carbonyl (C=O) groups excluding carboxylic acids is 1. The van der Waals surface area contributed by atoms with Crippen molar-refractivity contribution in [2.45, 2.75) is 0 Å². The van der Waals surface area contributed by atoms with E-state index in [0.717, 1.165) is 6.07 Å². The number of nitrogen functional groups attached to an aromatic ring is 1. The number of nitrogens with zero attached hydrogens (tertiary/aromatic N) is 1. The van der Waals surface area contributed by atoms with Gasteiger partial charge in [0, 0.05) is 12.7 Å². The van der Waals surface area contributed by atoms with Crippen LogP contribution in [-0.4, -0.2) is 38.7 Å². The fraction of sp³-hybridized carbons (Fsp3) is 0.333. The van der Waals surface area contributed by atoms with E-state index in [-0.39, 0.29) is 23.7 Å². The molecule has 1 amide bonds. The van der Waals surface area contributed by atoms with E-state index in [1.807, 2.05) is 0 Å². The Morgan fingerprint density at radius 2 is 2.22 bits per heavy atom. The first-order chi connectivity index (χ1) is 8.37. The number of sulfonamides is 1. The van der Waals surface area contributed by atoms with Gasteiger partial charge in [-0.2, -0.15) is 0 Å². The minimum atomic E-state index is -3.41. The van der Waals surface area contributed by atoms with Crippen molar-refractivity contribution in [3.05, 3.63) is 23.6 Å². The van der Waals surface area contributed by atoms with E-state index in [1.165, 1.54) is 13.2 Å². The molecule has 0 spiro atoms. The normalized spacial score (nSPS) is 11.2. The molecule has 18 heavy (non-hydrogen) atoms. The molecule has 1 rings (SSSR count). The van der Waals surface area contributed by atoms with Crippen molar-refractivity contribution in [1.29, 1.82) is 0 Å². The highest BCUT2D eigenvalue weighted by atomic mass is 32.2. The Bertz CT molecular complexity index is 547. The maximum Gasteiger partial charge on any atom is 0.254 e. The summed E-state index contributed by atoms with van der Waals surface area (Å²) in [4.78, 5) is 15.0. The monoisotopic (exact) mass is 276 g/mol. The van der Waals surface area contributed by atoms with Gasteiger partial charge in [-0.1, -0.05) is 0 Å². The molecule has 4 N–H and O–H groups in total. The SMILES string of the molecule is CNS(=O)(=O)CCNC(=O)c1ccnc(N)c1F. The zero-order chi connectivity index (χ0) is 13.8. The second-order valence-corrected chi connectivity index (χ2v) is 5.38. The Kier molecular flexibility index (Phi) is 4.56. The maximum absolute atomic E-state index is 13.4. The Hall–Kier alpha value is -1.74.